The number of aryl methyl sites for hydroxylation is 1. The van der Waals surface area contributed by atoms with E-state index >= 15 is 0 Å². The van der Waals surface area contributed by atoms with Crippen molar-refractivity contribution in [3.8, 4) is 0 Å². The predicted octanol–water partition coefficient (Wildman–Crippen LogP) is 3.08. The van der Waals surface area contributed by atoms with Crippen molar-refractivity contribution in [3.63, 3.8) is 0 Å². The van der Waals surface area contributed by atoms with Gasteiger partial charge in [-0.2, -0.15) is 0 Å². The van der Waals surface area contributed by atoms with Crippen molar-refractivity contribution < 1.29 is 9.59 Å². The van der Waals surface area contributed by atoms with E-state index in [-0.39, 0.29) is 17.6 Å². The van der Waals surface area contributed by atoms with Crippen LogP contribution in [0.3, 0.4) is 0 Å². The lowest BCUT2D eigenvalue weighted by Crippen LogP contribution is -2.14. The Balaban J connectivity index is 1.63. The van der Waals surface area contributed by atoms with Gasteiger partial charge in [0.05, 0.1) is 16.0 Å². The summed E-state index contributed by atoms with van der Waals surface area (Å²) in [6.07, 6.45) is 1.67. The second-order valence-corrected chi connectivity index (χ2v) is 7.17. The van der Waals surface area contributed by atoms with Crippen LogP contribution in [0.15, 0.2) is 35.6 Å². The quantitative estimate of drug-likeness (QED) is 0.527. The van der Waals surface area contributed by atoms with E-state index in [1.165, 1.54) is 30.0 Å². The van der Waals surface area contributed by atoms with Gasteiger partial charge < -0.3 is 10.6 Å². The summed E-state index contributed by atoms with van der Waals surface area (Å²) in [6.45, 7) is 3.32. The van der Waals surface area contributed by atoms with Gasteiger partial charge in [0.25, 0.3) is 0 Å². The number of hydrogen-bond acceptors (Lipinski definition) is 7. The molecule has 2 heterocycles. The number of carbonyl (C=O) groups excluding carboxylic acids is 2. The number of aromatic nitrogens is 3. The van der Waals surface area contributed by atoms with E-state index < -0.39 is 0 Å². The maximum atomic E-state index is 12.1. The van der Waals surface area contributed by atoms with E-state index in [1.807, 2.05) is 25.1 Å². The van der Waals surface area contributed by atoms with Gasteiger partial charge >= 0.3 is 0 Å². The molecule has 1 aromatic carbocycles. The first-order chi connectivity index (χ1) is 12.0. The van der Waals surface area contributed by atoms with Crippen molar-refractivity contribution in [1.82, 2.24) is 15.0 Å². The Morgan fingerprint density at radius 2 is 2.04 bits per heavy atom. The topological polar surface area (TPSA) is 96.9 Å². The van der Waals surface area contributed by atoms with Crippen LogP contribution in [0.5, 0.6) is 0 Å². The number of fused-ring (bicyclic) bond motifs is 1. The minimum absolute atomic E-state index is 0.138. The Morgan fingerprint density at radius 1 is 1.20 bits per heavy atom. The van der Waals surface area contributed by atoms with Crippen molar-refractivity contribution >= 4 is 55.9 Å². The molecule has 0 unspecified atom stereocenters. The third-order valence-electron chi connectivity index (χ3n) is 3.06. The van der Waals surface area contributed by atoms with Crippen molar-refractivity contribution in [3.05, 3.63) is 36.2 Å². The fraction of sp³-hybridized carbons (Fsp3) is 0.188. The summed E-state index contributed by atoms with van der Waals surface area (Å²) in [6, 6.07) is 7.24. The minimum atomic E-state index is -0.164. The molecule has 128 valence electrons. The summed E-state index contributed by atoms with van der Waals surface area (Å²) in [4.78, 5) is 35.9. The number of thioether (sulfide) groups is 1. The number of rotatable bonds is 5. The van der Waals surface area contributed by atoms with Crippen molar-refractivity contribution in [2.24, 2.45) is 0 Å². The van der Waals surface area contributed by atoms with Crippen molar-refractivity contribution in [2.75, 3.05) is 16.4 Å². The molecule has 0 atom stereocenters. The van der Waals surface area contributed by atoms with E-state index in [1.54, 1.807) is 12.3 Å². The smallest absolute Gasteiger partial charge is 0.234 e. The van der Waals surface area contributed by atoms with Gasteiger partial charge in [0.1, 0.15) is 0 Å². The molecule has 0 aliphatic rings. The maximum Gasteiger partial charge on any atom is 0.234 e. The summed E-state index contributed by atoms with van der Waals surface area (Å²) >= 11 is 2.64. The predicted molar refractivity (Wildman–Crippen MR) is 100 cm³/mol. The molecule has 0 saturated carbocycles. The maximum absolute atomic E-state index is 12.1. The molecular weight excluding hydrogens is 358 g/mol. The molecule has 3 aromatic rings. The lowest BCUT2D eigenvalue weighted by Gasteiger charge is -2.04. The summed E-state index contributed by atoms with van der Waals surface area (Å²) in [5.74, 6) is -0.0783. The minimum Gasteiger partial charge on any atom is -0.325 e. The van der Waals surface area contributed by atoms with Crippen LogP contribution in [0, 0.1) is 6.92 Å². The molecule has 0 bridgehead atoms. The van der Waals surface area contributed by atoms with Crippen LogP contribution in [-0.2, 0) is 9.59 Å². The fourth-order valence-electron chi connectivity index (χ4n) is 2.03. The number of amides is 2. The number of thiazole rings is 1. The molecule has 2 aromatic heterocycles. The molecule has 0 aliphatic heterocycles. The first-order valence-electron chi connectivity index (χ1n) is 7.40. The van der Waals surface area contributed by atoms with E-state index in [0.29, 0.717) is 16.0 Å². The van der Waals surface area contributed by atoms with E-state index in [2.05, 4.69) is 25.6 Å². The van der Waals surface area contributed by atoms with Crippen LogP contribution in [-0.4, -0.2) is 32.5 Å². The summed E-state index contributed by atoms with van der Waals surface area (Å²) < 4.78 is 0.885. The summed E-state index contributed by atoms with van der Waals surface area (Å²) in [5.41, 5.74) is 2.32. The zero-order chi connectivity index (χ0) is 17.8. The van der Waals surface area contributed by atoms with Gasteiger partial charge in [-0.3, -0.25) is 9.59 Å². The third-order valence-corrected chi connectivity index (χ3v) is 4.86. The Morgan fingerprint density at radius 3 is 2.80 bits per heavy atom. The van der Waals surface area contributed by atoms with Crippen LogP contribution < -0.4 is 10.6 Å². The zero-order valence-electron chi connectivity index (χ0n) is 13.6. The molecule has 2 N–H and O–H groups in total. The molecule has 2 amide bonds. The summed E-state index contributed by atoms with van der Waals surface area (Å²) in [5, 5.41) is 6.62. The summed E-state index contributed by atoms with van der Waals surface area (Å²) in [7, 11) is 0. The van der Waals surface area contributed by atoms with Crippen LogP contribution in [0.4, 0.5) is 10.8 Å². The standard InChI is InChI=1S/C16H15N5O2S2/c1-9-5-6-17-15(18-9)24-8-14(23)20-11-3-4-12-13(7-11)25-16(21-12)19-10(2)22/h3-7H,8H2,1-2H3,(H,20,23)(H,19,21,22). The van der Waals surface area contributed by atoms with Gasteiger partial charge in [0.2, 0.25) is 11.8 Å². The van der Waals surface area contributed by atoms with Crippen molar-refractivity contribution in [1.29, 1.82) is 0 Å². The number of benzene rings is 1. The SMILES string of the molecule is CC(=O)Nc1nc2ccc(NC(=O)CSc3nccc(C)n3)cc2s1. The van der Waals surface area contributed by atoms with Crippen molar-refractivity contribution in [2.45, 2.75) is 19.0 Å². The van der Waals surface area contributed by atoms with Gasteiger partial charge in [-0.05, 0) is 31.2 Å². The molecular formula is C16H15N5O2S2. The number of nitrogens with zero attached hydrogens (tertiary/aromatic N) is 3. The highest BCUT2D eigenvalue weighted by Gasteiger charge is 2.09. The molecule has 0 fully saturated rings. The number of hydrogen-bond donors (Lipinski definition) is 2. The Hall–Kier alpha value is -2.52. The average molecular weight is 373 g/mol. The van der Waals surface area contributed by atoms with Gasteiger partial charge in [0, 0.05) is 24.5 Å². The van der Waals surface area contributed by atoms with Crippen LogP contribution in [0.25, 0.3) is 10.2 Å². The third kappa shape index (κ3) is 4.74. The van der Waals surface area contributed by atoms with Gasteiger partial charge in [-0.1, -0.05) is 23.1 Å². The molecule has 9 heteroatoms. The molecule has 0 saturated heterocycles. The molecule has 7 nitrogen and oxygen atoms in total. The first kappa shape index (κ1) is 17.3. The average Bonchev–Trinajstić information content (AvgIpc) is 2.93. The highest BCUT2D eigenvalue weighted by molar-refractivity contribution is 7.99. The second kappa shape index (κ2) is 7.58. The number of anilines is 2. The Kier molecular flexibility index (Phi) is 5.25. The second-order valence-electron chi connectivity index (χ2n) is 5.20. The largest absolute Gasteiger partial charge is 0.325 e. The first-order valence-corrected chi connectivity index (χ1v) is 9.20. The van der Waals surface area contributed by atoms with E-state index in [0.717, 1.165) is 15.9 Å². The highest BCUT2D eigenvalue weighted by atomic mass is 32.2. The number of nitrogens with one attached hydrogen (secondary N) is 2. The monoisotopic (exact) mass is 373 g/mol. The van der Waals surface area contributed by atoms with E-state index in [4.69, 9.17) is 0 Å². The Labute approximate surface area is 152 Å². The van der Waals surface area contributed by atoms with Crippen LogP contribution in [0.2, 0.25) is 0 Å². The highest BCUT2D eigenvalue weighted by Crippen LogP contribution is 2.28. The normalized spacial score (nSPS) is 10.6. The van der Waals surface area contributed by atoms with Crippen LogP contribution in [0.1, 0.15) is 12.6 Å². The number of carbonyl (C=O) groups is 2. The molecule has 0 radical (unpaired) electrons. The Bertz CT molecular complexity index is 941. The van der Waals surface area contributed by atoms with Gasteiger partial charge in [-0.25, -0.2) is 15.0 Å². The molecule has 0 aliphatic carbocycles. The lowest BCUT2D eigenvalue weighted by atomic mass is 10.3. The molecule has 0 spiro atoms. The fourth-order valence-corrected chi connectivity index (χ4v) is 3.66. The lowest BCUT2D eigenvalue weighted by molar-refractivity contribution is -0.114. The van der Waals surface area contributed by atoms with E-state index in [9.17, 15) is 9.59 Å². The van der Waals surface area contributed by atoms with Gasteiger partial charge in [0.15, 0.2) is 10.3 Å². The zero-order valence-corrected chi connectivity index (χ0v) is 15.2. The molecule has 25 heavy (non-hydrogen) atoms. The molecule has 3 rings (SSSR count). The van der Waals surface area contributed by atoms with Gasteiger partial charge in [-0.15, -0.1) is 0 Å². The van der Waals surface area contributed by atoms with Crippen LogP contribution >= 0.6 is 23.1 Å².